The van der Waals surface area contributed by atoms with Crippen LogP contribution in [0.2, 0.25) is 0 Å². The average molecular weight is 278 g/mol. The van der Waals surface area contributed by atoms with Gasteiger partial charge < -0.3 is 14.4 Å². The third kappa shape index (κ3) is 2.65. The van der Waals surface area contributed by atoms with Crippen LogP contribution in [0.4, 0.5) is 0 Å². The van der Waals surface area contributed by atoms with Crippen LogP contribution in [0, 0.1) is 0 Å². The first-order valence-electron chi connectivity index (χ1n) is 4.90. The number of halogens is 1. The van der Waals surface area contributed by atoms with Crippen molar-refractivity contribution in [3.63, 3.8) is 0 Å². The molecule has 0 aromatic heterocycles. The van der Waals surface area contributed by atoms with E-state index in [0.717, 1.165) is 5.56 Å². The van der Waals surface area contributed by atoms with Gasteiger partial charge in [-0.05, 0) is 31.8 Å². The predicted octanol–water partition coefficient (Wildman–Crippen LogP) is 1.40. The van der Waals surface area contributed by atoms with Gasteiger partial charge in [0.25, 0.3) is 9.05 Å². The molecule has 0 spiro atoms. The summed E-state index contributed by atoms with van der Waals surface area (Å²) in [6, 6.07) is 3.27. The van der Waals surface area contributed by atoms with Crippen LogP contribution < -0.4 is 9.47 Å². The molecule has 1 aromatic rings. The zero-order valence-corrected chi connectivity index (χ0v) is 11.0. The lowest BCUT2D eigenvalue weighted by atomic mass is 10.2. The Kier molecular flexibility index (Phi) is 3.20. The molecule has 94 valence electrons. The molecule has 0 bridgehead atoms. The fraction of sp³-hybridized carbons (Fsp3) is 0.400. The number of fused-ring (bicyclic) bond motifs is 1. The number of ether oxygens (including phenoxy) is 2. The zero-order chi connectivity index (χ0) is 12.6. The minimum Gasteiger partial charge on any atom is -0.454 e. The Hall–Kier alpha value is -0.980. The predicted molar refractivity (Wildman–Crippen MR) is 63.0 cm³/mol. The Morgan fingerprint density at radius 1 is 1.35 bits per heavy atom. The summed E-state index contributed by atoms with van der Waals surface area (Å²) in [5.74, 6) is 0.617. The van der Waals surface area contributed by atoms with E-state index in [9.17, 15) is 8.42 Å². The summed E-state index contributed by atoms with van der Waals surface area (Å²) < 4.78 is 33.2. The van der Waals surface area contributed by atoms with Crippen molar-refractivity contribution in [2.75, 3.05) is 20.9 Å². The first kappa shape index (κ1) is 12.5. The van der Waals surface area contributed by atoms with E-state index in [4.69, 9.17) is 20.2 Å². The molecular formula is C10H12ClNO4S. The summed E-state index contributed by atoms with van der Waals surface area (Å²) >= 11 is 0. The normalized spacial score (nSPS) is 14.4. The summed E-state index contributed by atoms with van der Waals surface area (Å²) in [5.41, 5.74) is 0.804. The molecule has 2 rings (SSSR count). The lowest BCUT2D eigenvalue weighted by Crippen LogP contribution is -2.11. The van der Waals surface area contributed by atoms with E-state index in [0.29, 0.717) is 12.3 Å². The second kappa shape index (κ2) is 4.36. The first-order chi connectivity index (χ1) is 7.88. The first-order valence-corrected chi connectivity index (χ1v) is 7.21. The van der Waals surface area contributed by atoms with Crippen LogP contribution in [-0.2, 0) is 15.6 Å². The van der Waals surface area contributed by atoms with E-state index < -0.39 is 9.05 Å². The van der Waals surface area contributed by atoms with E-state index in [1.54, 1.807) is 6.07 Å². The molecule has 0 fully saturated rings. The molecule has 0 saturated heterocycles. The molecular weight excluding hydrogens is 266 g/mol. The van der Waals surface area contributed by atoms with E-state index >= 15 is 0 Å². The van der Waals surface area contributed by atoms with Gasteiger partial charge in [-0.1, -0.05) is 0 Å². The Morgan fingerprint density at radius 2 is 2.06 bits per heavy atom. The lowest BCUT2D eigenvalue weighted by molar-refractivity contribution is 0.172. The Bertz CT molecular complexity index is 541. The number of hydrogen-bond donors (Lipinski definition) is 0. The van der Waals surface area contributed by atoms with Crippen molar-refractivity contribution in [1.29, 1.82) is 0 Å². The fourth-order valence-corrected chi connectivity index (χ4v) is 2.69. The summed E-state index contributed by atoms with van der Waals surface area (Å²) in [6.45, 7) is 0.607. The van der Waals surface area contributed by atoms with Gasteiger partial charge in [-0.3, -0.25) is 0 Å². The van der Waals surface area contributed by atoms with Gasteiger partial charge in [0.15, 0.2) is 11.5 Å². The van der Waals surface area contributed by atoms with Gasteiger partial charge in [0, 0.05) is 17.2 Å². The molecule has 1 aromatic carbocycles. The molecule has 0 aliphatic carbocycles. The van der Waals surface area contributed by atoms with Crippen molar-refractivity contribution in [3.05, 3.63) is 17.7 Å². The van der Waals surface area contributed by atoms with Crippen molar-refractivity contribution < 1.29 is 17.9 Å². The zero-order valence-electron chi connectivity index (χ0n) is 9.44. The van der Waals surface area contributed by atoms with Crippen LogP contribution in [0.3, 0.4) is 0 Å². The number of rotatable bonds is 3. The van der Waals surface area contributed by atoms with Crippen molar-refractivity contribution >= 4 is 19.7 Å². The highest BCUT2D eigenvalue weighted by atomic mass is 35.7. The third-order valence-corrected chi connectivity index (χ3v) is 3.59. The minimum atomic E-state index is -3.84. The lowest BCUT2D eigenvalue weighted by Gasteiger charge is -2.11. The van der Waals surface area contributed by atoms with Gasteiger partial charge in [0.05, 0.1) is 0 Å². The molecule has 0 atom stereocenters. The molecule has 0 radical (unpaired) electrons. The topological polar surface area (TPSA) is 55.8 Å². The van der Waals surface area contributed by atoms with Crippen molar-refractivity contribution in [1.82, 2.24) is 4.90 Å². The van der Waals surface area contributed by atoms with Gasteiger partial charge in [0.2, 0.25) is 6.79 Å². The second-order valence-corrected chi connectivity index (χ2v) is 6.54. The molecule has 1 heterocycles. The van der Waals surface area contributed by atoms with Crippen LogP contribution >= 0.6 is 10.7 Å². The number of hydrogen-bond acceptors (Lipinski definition) is 5. The maximum Gasteiger partial charge on any atom is 0.265 e. The van der Waals surface area contributed by atoms with E-state index in [2.05, 4.69) is 0 Å². The van der Waals surface area contributed by atoms with Gasteiger partial charge in [-0.2, -0.15) is 0 Å². The molecule has 7 heteroatoms. The molecule has 1 aliphatic heterocycles. The van der Waals surface area contributed by atoms with Crippen molar-refractivity contribution in [3.8, 4) is 11.5 Å². The number of benzene rings is 1. The SMILES string of the molecule is CN(C)Cc1cc2c(c(S(=O)(=O)Cl)c1)OCO2. The van der Waals surface area contributed by atoms with Gasteiger partial charge in [0.1, 0.15) is 4.90 Å². The summed E-state index contributed by atoms with van der Waals surface area (Å²) in [4.78, 5) is 1.88. The molecule has 0 amide bonds. The highest BCUT2D eigenvalue weighted by molar-refractivity contribution is 8.13. The Morgan fingerprint density at radius 3 is 2.65 bits per heavy atom. The molecule has 1 aliphatic rings. The van der Waals surface area contributed by atoms with Gasteiger partial charge >= 0.3 is 0 Å². The highest BCUT2D eigenvalue weighted by Crippen LogP contribution is 2.40. The van der Waals surface area contributed by atoms with Crippen molar-refractivity contribution in [2.45, 2.75) is 11.4 Å². The fourth-order valence-electron chi connectivity index (χ4n) is 1.67. The quantitative estimate of drug-likeness (QED) is 0.782. The average Bonchev–Trinajstić information content (AvgIpc) is 2.61. The maximum absolute atomic E-state index is 11.4. The van der Waals surface area contributed by atoms with E-state index in [1.165, 1.54) is 6.07 Å². The largest absolute Gasteiger partial charge is 0.454 e. The van der Waals surface area contributed by atoms with Crippen LogP contribution in [0.25, 0.3) is 0 Å². The van der Waals surface area contributed by atoms with E-state index in [1.807, 2.05) is 19.0 Å². The molecule has 17 heavy (non-hydrogen) atoms. The molecule has 0 unspecified atom stereocenters. The van der Waals surface area contributed by atoms with Crippen LogP contribution in [0.5, 0.6) is 11.5 Å². The highest BCUT2D eigenvalue weighted by Gasteiger charge is 2.26. The maximum atomic E-state index is 11.4. The Balaban J connectivity index is 2.54. The van der Waals surface area contributed by atoms with Crippen LogP contribution in [-0.4, -0.2) is 34.2 Å². The summed E-state index contributed by atoms with van der Waals surface area (Å²) in [5, 5.41) is 0. The molecule has 0 saturated carbocycles. The molecule has 5 nitrogen and oxygen atoms in total. The Labute approximate surface area is 104 Å². The number of nitrogens with zero attached hydrogens (tertiary/aromatic N) is 1. The second-order valence-electron chi connectivity index (χ2n) is 4.00. The standard InChI is InChI=1S/C10H12ClNO4S/c1-12(2)5-7-3-8-10(16-6-15-8)9(4-7)17(11,13)14/h3-4H,5-6H2,1-2H3. The minimum absolute atomic E-state index is 0.0140. The smallest absolute Gasteiger partial charge is 0.265 e. The van der Waals surface area contributed by atoms with E-state index in [-0.39, 0.29) is 17.4 Å². The van der Waals surface area contributed by atoms with Gasteiger partial charge in [-0.15, -0.1) is 0 Å². The summed E-state index contributed by atoms with van der Waals surface area (Å²) in [6.07, 6.45) is 0. The molecule has 0 N–H and O–H groups in total. The monoisotopic (exact) mass is 277 g/mol. The van der Waals surface area contributed by atoms with Crippen LogP contribution in [0.1, 0.15) is 5.56 Å². The van der Waals surface area contributed by atoms with Gasteiger partial charge in [-0.25, -0.2) is 8.42 Å². The van der Waals surface area contributed by atoms with Crippen molar-refractivity contribution in [2.24, 2.45) is 0 Å². The summed E-state index contributed by atoms with van der Waals surface area (Å²) in [7, 11) is 5.31. The third-order valence-electron chi connectivity index (χ3n) is 2.26. The van der Waals surface area contributed by atoms with Crippen LogP contribution in [0.15, 0.2) is 17.0 Å².